The summed E-state index contributed by atoms with van der Waals surface area (Å²) in [7, 11) is 1.73. The number of nitriles is 1. The first-order chi connectivity index (χ1) is 13.0. The number of carbonyl (C=O) groups is 1. The van der Waals surface area contributed by atoms with Gasteiger partial charge in [0.05, 0.1) is 34.8 Å². The maximum absolute atomic E-state index is 13.2. The molecule has 0 spiro atoms. The highest BCUT2D eigenvalue weighted by Crippen LogP contribution is 2.18. The van der Waals surface area contributed by atoms with Gasteiger partial charge < -0.3 is 4.90 Å². The molecule has 0 saturated heterocycles. The van der Waals surface area contributed by atoms with Crippen LogP contribution in [0.2, 0.25) is 0 Å². The molecule has 6 heteroatoms. The molecule has 0 unspecified atom stereocenters. The van der Waals surface area contributed by atoms with Gasteiger partial charge in [0.25, 0.3) is 5.91 Å². The lowest BCUT2D eigenvalue weighted by molar-refractivity contribution is 0.0784. The van der Waals surface area contributed by atoms with Crippen molar-refractivity contribution in [2.24, 2.45) is 0 Å². The predicted molar refractivity (Wildman–Crippen MR) is 99.9 cm³/mol. The highest BCUT2D eigenvalue weighted by atomic mass is 19.1. The minimum absolute atomic E-state index is 0.135. The lowest BCUT2D eigenvalue weighted by Gasteiger charge is -2.17. The molecule has 0 aliphatic rings. The average Bonchev–Trinajstić information content (AvgIpc) is 3.12. The molecule has 0 fully saturated rings. The summed E-state index contributed by atoms with van der Waals surface area (Å²) in [6.45, 7) is 2.38. The van der Waals surface area contributed by atoms with Gasteiger partial charge in [-0.3, -0.25) is 4.79 Å². The third-order valence-corrected chi connectivity index (χ3v) is 4.35. The van der Waals surface area contributed by atoms with Gasteiger partial charge in [-0.15, -0.1) is 0 Å². The van der Waals surface area contributed by atoms with E-state index in [2.05, 4.69) is 11.2 Å². The topological polar surface area (TPSA) is 61.9 Å². The van der Waals surface area contributed by atoms with Gasteiger partial charge >= 0.3 is 0 Å². The Morgan fingerprint density at radius 1 is 1.19 bits per heavy atom. The van der Waals surface area contributed by atoms with Crippen molar-refractivity contribution in [3.8, 4) is 11.8 Å². The predicted octanol–water partition coefficient (Wildman–Crippen LogP) is 3.72. The van der Waals surface area contributed by atoms with E-state index in [1.165, 1.54) is 12.1 Å². The van der Waals surface area contributed by atoms with E-state index in [0.29, 0.717) is 29.8 Å². The molecular weight excluding hydrogens is 343 g/mol. The fourth-order valence-electron chi connectivity index (χ4n) is 2.93. The summed E-state index contributed by atoms with van der Waals surface area (Å²) in [6, 6.07) is 15.2. The molecule has 2 aromatic carbocycles. The van der Waals surface area contributed by atoms with Crippen LogP contribution >= 0.6 is 0 Å². The summed E-state index contributed by atoms with van der Waals surface area (Å²) in [6.07, 6.45) is 2.17. The molecule has 1 heterocycles. The molecule has 0 atom stereocenters. The third kappa shape index (κ3) is 3.87. The van der Waals surface area contributed by atoms with Crippen molar-refractivity contribution in [1.29, 1.82) is 5.26 Å². The summed E-state index contributed by atoms with van der Waals surface area (Å²) >= 11 is 0. The highest BCUT2D eigenvalue weighted by Gasteiger charge is 2.20. The van der Waals surface area contributed by atoms with Crippen LogP contribution in [0.15, 0.2) is 54.7 Å². The average molecular weight is 362 g/mol. The Labute approximate surface area is 157 Å². The van der Waals surface area contributed by atoms with Gasteiger partial charge in [-0.05, 0) is 48.4 Å². The number of nitrogens with zero attached hydrogens (tertiary/aromatic N) is 4. The fourth-order valence-corrected chi connectivity index (χ4v) is 2.93. The van der Waals surface area contributed by atoms with Crippen LogP contribution in [0.25, 0.3) is 5.69 Å². The van der Waals surface area contributed by atoms with E-state index in [1.54, 1.807) is 47.1 Å². The molecule has 0 saturated carbocycles. The Morgan fingerprint density at radius 2 is 1.85 bits per heavy atom. The Balaban J connectivity index is 1.83. The maximum Gasteiger partial charge on any atom is 0.257 e. The zero-order valence-electron chi connectivity index (χ0n) is 15.2. The molecule has 1 amide bonds. The van der Waals surface area contributed by atoms with Gasteiger partial charge in [0.15, 0.2) is 0 Å². The second-order valence-electron chi connectivity index (χ2n) is 6.22. The minimum atomic E-state index is -0.317. The monoisotopic (exact) mass is 362 g/mol. The van der Waals surface area contributed by atoms with Gasteiger partial charge in [0.2, 0.25) is 0 Å². The van der Waals surface area contributed by atoms with E-state index in [9.17, 15) is 9.18 Å². The van der Waals surface area contributed by atoms with Crippen LogP contribution in [0.4, 0.5) is 4.39 Å². The van der Waals surface area contributed by atoms with E-state index in [1.807, 2.05) is 19.1 Å². The number of hydrogen-bond acceptors (Lipinski definition) is 3. The molecule has 5 nitrogen and oxygen atoms in total. The number of hydrogen-bond donors (Lipinski definition) is 0. The van der Waals surface area contributed by atoms with E-state index in [4.69, 9.17) is 5.26 Å². The van der Waals surface area contributed by atoms with E-state index >= 15 is 0 Å². The van der Waals surface area contributed by atoms with Crippen LogP contribution in [-0.2, 0) is 13.0 Å². The zero-order chi connectivity index (χ0) is 19.4. The van der Waals surface area contributed by atoms with E-state index in [-0.39, 0.29) is 11.7 Å². The summed E-state index contributed by atoms with van der Waals surface area (Å²) in [5, 5.41) is 13.2. The molecule has 27 heavy (non-hydrogen) atoms. The van der Waals surface area contributed by atoms with Crippen LogP contribution in [0.3, 0.4) is 0 Å². The standard InChI is InChI=1S/C21H19FN4O/c1-3-20-19(13-24-26(20)18-10-8-17(22)9-11-18)21(27)25(2)14-16-6-4-15(12-23)5-7-16/h4-11,13H,3,14H2,1-2H3. The molecule has 1 aromatic heterocycles. The number of rotatable bonds is 5. The Morgan fingerprint density at radius 3 is 2.44 bits per heavy atom. The Kier molecular flexibility index (Phi) is 5.32. The van der Waals surface area contributed by atoms with Gasteiger partial charge in [0, 0.05) is 13.6 Å². The minimum Gasteiger partial charge on any atom is -0.337 e. The quantitative estimate of drug-likeness (QED) is 0.695. The molecule has 0 bridgehead atoms. The summed E-state index contributed by atoms with van der Waals surface area (Å²) < 4.78 is 14.8. The number of carbonyl (C=O) groups excluding carboxylic acids is 1. The second kappa shape index (κ2) is 7.83. The summed E-state index contributed by atoms with van der Waals surface area (Å²) in [5.41, 5.74) is 3.54. The maximum atomic E-state index is 13.2. The second-order valence-corrected chi connectivity index (χ2v) is 6.22. The Hall–Kier alpha value is -3.46. The number of benzene rings is 2. The van der Waals surface area contributed by atoms with Crippen molar-refractivity contribution in [3.05, 3.63) is 82.9 Å². The molecule has 0 N–H and O–H groups in total. The van der Waals surface area contributed by atoms with Crippen LogP contribution in [0, 0.1) is 17.1 Å². The molecule has 0 aliphatic heterocycles. The van der Waals surface area contributed by atoms with Crippen molar-refractivity contribution in [2.75, 3.05) is 7.05 Å². The molecule has 0 radical (unpaired) electrons. The lowest BCUT2D eigenvalue weighted by Crippen LogP contribution is -2.27. The van der Waals surface area contributed by atoms with Crippen molar-refractivity contribution >= 4 is 5.91 Å². The van der Waals surface area contributed by atoms with Crippen molar-refractivity contribution in [2.45, 2.75) is 19.9 Å². The number of halogens is 1. The lowest BCUT2D eigenvalue weighted by atomic mass is 10.1. The van der Waals surface area contributed by atoms with Crippen molar-refractivity contribution < 1.29 is 9.18 Å². The van der Waals surface area contributed by atoms with E-state index in [0.717, 1.165) is 11.3 Å². The first kappa shape index (κ1) is 18.3. The summed E-state index contributed by atoms with van der Waals surface area (Å²) in [5.74, 6) is -0.452. The largest absolute Gasteiger partial charge is 0.337 e. The number of aromatic nitrogens is 2. The SMILES string of the molecule is CCc1c(C(=O)N(C)Cc2ccc(C#N)cc2)cnn1-c1ccc(F)cc1. The highest BCUT2D eigenvalue weighted by molar-refractivity contribution is 5.95. The van der Waals surface area contributed by atoms with Gasteiger partial charge in [0.1, 0.15) is 5.82 Å². The Bertz CT molecular complexity index is 985. The molecule has 136 valence electrons. The molecular formula is C21H19FN4O. The van der Waals surface area contributed by atoms with Crippen molar-refractivity contribution in [1.82, 2.24) is 14.7 Å². The van der Waals surface area contributed by atoms with Crippen LogP contribution in [-0.4, -0.2) is 27.6 Å². The third-order valence-electron chi connectivity index (χ3n) is 4.35. The number of amides is 1. The zero-order valence-corrected chi connectivity index (χ0v) is 15.2. The van der Waals surface area contributed by atoms with E-state index < -0.39 is 0 Å². The first-order valence-corrected chi connectivity index (χ1v) is 8.60. The van der Waals surface area contributed by atoms with Crippen molar-refractivity contribution in [3.63, 3.8) is 0 Å². The molecule has 0 aliphatic carbocycles. The van der Waals surface area contributed by atoms with Crippen LogP contribution < -0.4 is 0 Å². The van der Waals surface area contributed by atoms with Crippen LogP contribution in [0.5, 0.6) is 0 Å². The molecule has 3 rings (SSSR count). The molecule has 3 aromatic rings. The normalized spacial score (nSPS) is 10.4. The first-order valence-electron chi connectivity index (χ1n) is 8.60. The summed E-state index contributed by atoms with van der Waals surface area (Å²) in [4.78, 5) is 14.5. The van der Waals surface area contributed by atoms with Crippen LogP contribution in [0.1, 0.15) is 34.1 Å². The van der Waals surface area contributed by atoms with Gasteiger partial charge in [-0.25, -0.2) is 9.07 Å². The fraction of sp³-hybridized carbons (Fsp3) is 0.190. The van der Waals surface area contributed by atoms with Gasteiger partial charge in [-0.1, -0.05) is 19.1 Å². The smallest absolute Gasteiger partial charge is 0.257 e. The van der Waals surface area contributed by atoms with Gasteiger partial charge in [-0.2, -0.15) is 10.4 Å².